The molecule has 1 heterocycles. The lowest BCUT2D eigenvalue weighted by Crippen LogP contribution is -2.41. The van der Waals surface area contributed by atoms with Gasteiger partial charge < -0.3 is 9.64 Å². The molecule has 0 aliphatic carbocycles. The minimum absolute atomic E-state index is 0.0511. The number of amides is 1. The smallest absolute Gasteiger partial charge is 0.222 e. The maximum absolute atomic E-state index is 12.8. The number of nitrogens with zero attached hydrogens (tertiary/aromatic N) is 2. The topological polar surface area (TPSA) is 49.9 Å². The molecule has 0 N–H and O–H groups in total. The number of carbonyl (C=O) groups is 2. The highest BCUT2D eigenvalue weighted by atomic mass is 19.1. The van der Waals surface area contributed by atoms with Gasteiger partial charge in [0, 0.05) is 51.6 Å². The molecule has 2 rings (SSSR count). The third-order valence-electron chi connectivity index (χ3n) is 4.24. The van der Waals surface area contributed by atoms with E-state index < -0.39 is 0 Å². The molecule has 0 spiro atoms. The average molecular weight is 336 g/mol. The molecule has 0 aromatic heterocycles. The molecule has 24 heavy (non-hydrogen) atoms. The zero-order chi connectivity index (χ0) is 17.4. The van der Waals surface area contributed by atoms with Crippen LogP contribution in [0.15, 0.2) is 24.3 Å². The number of benzene rings is 1. The minimum Gasteiger partial charge on any atom is -0.379 e. The van der Waals surface area contributed by atoms with E-state index in [1.807, 2.05) is 0 Å². The molecular weight excluding hydrogens is 311 g/mol. The van der Waals surface area contributed by atoms with Crippen molar-refractivity contribution in [2.75, 3.05) is 46.4 Å². The summed E-state index contributed by atoms with van der Waals surface area (Å²) >= 11 is 0. The molecule has 0 unspecified atom stereocenters. The molecule has 0 saturated carbocycles. The second-order valence-electron chi connectivity index (χ2n) is 6.05. The second kappa shape index (κ2) is 9.49. The van der Waals surface area contributed by atoms with Crippen molar-refractivity contribution in [2.24, 2.45) is 0 Å². The summed E-state index contributed by atoms with van der Waals surface area (Å²) in [5.74, 6) is -0.363. The molecule has 1 aliphatic heterocycles. The summed E-state index contributed by atoms with van der Waals surface area (Å²) < 4.78 is 18.1. The summed E-state index contributed by atoms with van der Waals surface area (Å²) in [6.45, 7) is 4.86. The fourth-order valence-electron chi connectivity index (χ4n) is 2.61. The monoisotopic (exact) mass is 336 g/mol. The average Bonchev–Trinajstić information content (AvgIpc) is 2.61. The maximum Gasteiger partial charge on any atom is 0.222 e. The Labute approximate surface area is 142 Å². The summed E-state index contributed by atoms with van der Waals surface area (Å²) in [5, 5.41) is 0. The van der Waals surface area contributed by atoms with Gasteiger partial charge in [0.1, 0.15) is 5.82 Å². The van der Waals surface area contributed by atoms with Crippen LogP contribution in [0.2, 0.25) is 0 Å². The van der Waals surface area contributed by atoms with Gasteiger partial charge in [-0.1, -0.05) is 0 Å². The molecule has 1 fully saturated rings. The first kappa shape index (κ1) is 18.5. The maximum atomic E-state index is 12.8. The van der Waals surface area contributed by atoms with Gasteiger partial charge in [0.2, 0.25) is 5.91 Å². The number of halogens is 1. The highest BCUT2D eigenvalue weighted by molar-refractivity contribution is 5.96. The van der Waals surface area contributed by atoms with Crippen LogP contribution < -0.4 is 0 Å². The van der Waals surface area contributed by atoms with Crippen LogP contribution in [0.1, 0.15) is 29.6 Å². The highest BCUT2D eigenvalue weighted by Gasteiger charge is 2.14. The van der Waals surface area contributed by atoms with E-state index in [1.165, 1.54) is 24.3 Å². The van der Waals surface area contributed by atoms with Gasteiger partial charge in [0.15, 0.2) is 5.78 Å². The van der Waals surface area contributed by atoms with Gasteiger partial charge in [-0.2, -0.15) is 0 Å². The molecular formula is C18H25FN2O3. The van der Waals surface area contributed by atoms with Crippen molar-refractivity contribution in [3.63, 3.8) is 0 Å². The summed E-state index contributed by atoms with van der Waals surface area (Å²) in [6, 6.07) is 5.51. The fourth-order valence-corrected chi connectivity index (χ4v) is 2.61. The lowest BCUT2D eigenvalue weighted by Gasteiger charge is -2.28. The summed E-state index contributed by atoms with van der Waals surface area (Å²) in [7, 11) is 1.80. The van der Waals surface area contributed by atoms with E-state index in [0.29, 0.717) is 31.4 Å². The molecule has 1 aliphatic rings. The Hall–Kier alpha value is -1.79. The van der Waals surface area contributed by atoms with Crippen LogP contribution in [0, 0.1) is 5.82 Å². The van der Waals surface area contributed by atoms with Crippen molar-refractivity contribution in [2.45, 2.75) is 19.3 Å². The standard InChI is InChI=1S/C18H25FN2O3/c1-20(9-10-21-11-13-24-14-12-21)18(23)4-2-3-17(22)15-5-7-16(19)8-6-15/h5-8H,2-4,9-14H2,1H3. The van der Waals surface area contributed by atoms with E-state index in [2.05, 4.69) is 4.90 Å². The predicted molar refractivity (Wildman–Crippen MR) is 89.5 cm³/mol. The quantitative estimate of drug-likeness (QED) is 0.681. The Morgan fingerprint density at radius 2 is 1.83 bits per heavy atom. The minimum atomic E-state index is -0.358. The largest absolute Gasteiger partial charge is 0.379 e. The third-order valence-corrected chi connectivity index (χ3v) is 4.24. The molecule has 1 amide bonds. The van der Waals surface area contributed by atoms with Gasteiger partial charge in [-0.3, -0.25) is 14.5 Å². The van der Waals surface area contributed by atoms with Crippen LogP contribution in [0.3, 0.4) is 0 Å². The zero-order valence-electron chi connectivity index (χ0n) is 14.2. The normalized spacial score (nSPS) is 15.2. The van der Waals surface area contributed by atoms with Crippen molar-refractivity contribution in [1.82, 2.24) is 9.80 Å². The SMILES string of the molecule is CN(CCN1CCOCC1)C(=O)CCCC(=O)c1ccc(F)cc1. The molecule has 0 atom stereocenters. The molecule has 6 heteroatoms. The molecule has 5 nitrogen and oxygen atoms in total. The number of morpholine rings is 1. The van der Waals surface area contributed by atoms with E-state index in [9.17, 15) is 14.0 Å². The second-order valence-corrected chi connectivity index (χ2v) is 6.05. The van der Waals surface area contributed by atoms with Crippen LogP contribution >= 0.6 is 0 Å². The molecule has 1 aromatic carbocycles. The Balaban J connectivity index is 1.64. The summed E-state index contributed by atoms with van der Waals surface area (Å²) in [4.78, 5) is 28.1. The van der Waals surface area contributed by atoms with Gasteiger partial charge in [-0.05, 0) is 30.7 Å². The first-order chi connectivity index (χ1) is 11.6. The number of ketones is 1. The first-order valence-corrected chi connectivity index (χ1v) is 8.39. The first-order valence-electron chi connectivity index (χ1n) is 8.39. The highest BCUT2D eigenvalue weighted by Crippen LogP contribution is 2.09. The van der Waals surface area contributed by atoms with Crippen molar-refractivity contribution < 1.29 is 18.7 Å². The van der Waals surface area contributed by atoms with Crippen LogP contribution in [0.4, 0.5) is 4.39 Å². The number of carbonyl (C=O) groups excluding carboxylic acids is 2. The van der Waals surface area contributed by atoms with Crippen LogP contribution in [-0.4, -0.2) is 67.9 Å². The van der Waals surface area contributed by atoms with E-state index >= 15 is 0 Å². The number of hydrogen-bond acceptors (Lipinski definition) is 4. The van der Waals surface area contributed by atoms with Crippen molar-refractivity contribution in [1.29, 1.82) is 0 Å². The fraction of sp³-hybridized carbons (Fsp3) is 0.556. The van der Waals surface area contributed by atoms with Gasteiger partial charge in [0.25, 0.3) is 0 Å². The van der Waals surface area contributed by atoms with Gasteiger partial charge >= 0.3 is 0 Å². The lowest BCUT2D eigenvalue weighted by molar-refractivity contribution is -0.130. The molecule has 0 radical (unpaired) electrons. The van der Waals surface area contributed by atoms with Crippen LogP contribution in [0.5, 0.6) is 0 Å². The number of Topliss-reactive ketones (excluding diaryl/α,β-unsaturated/α-hetero) is 1. The molecule has 1 saturated heterocycles. The van der Waals surface area contributed by atoms with Crippen LogP contribution in [0.25, 0.3) is 0 Å². The van der Waals surface area contributed by atoms with Gasteiger partial charge in [-0.15, -0.1) is 0 Å². The van der Waals surface area contributed by atoms with E-state index in [1.54, 1.807) is 11.9 Å². The number of rotatable bonds is 8. The van der Waals surface area contributed by atoms with Crippen molar-refractivity contribution in [3.05, 3.63) is 35.6 Å². The Kier molecular flexibility index (Phi) is 7.34. The number of hydrogen-bond donors (Lipinski definition) is 0. The van der Waals surface area contributed by atoms with Gasteiger partial charge in [0.05, 0.1) is 13.2 Å². The van der Waals surface area contributed by atoms with E-state index in [0.717, 1.165) is 32.8 Å². The summed E-state index contributed by atoms with van der Waals surface area (Å²) in [5.41, 5.74) is 0.490. The third kappa shape index (κ3) is 6.02. The Morgan fingerprint density at radius 1 is 1.17 bits per heavy atom. The lowest BCUT2D eigenvalue weighted by atomic mass is 10.1. The molecule has 132 valence electrons. The van der Waals surface area contributed by atoms with E-state index in [4.69, 9.17) is 4.74 Å². The molecule has 0 bridgehead atoms. The van der Waals surface area contributed by atoms with E-state index in [-0.39, 0.29) is 17.5 Å². The Morgan fingerprint density at radius 3 is 2.50 bits per heavy atom. The van der Waals surface area contributed by atoms with Crippen molar-refractivity contribution >= 4 is 11.7 Å². The number of ether oxygens (including phenoxy) is 1. The van der Waals surface area contributed by atoms with Crippen LogP contribution in [-0.2, 0) is 9.53 Å². The number of likely N-dealkylation sites (N-methyl/N-ethyl adjacent to an activating group) is 1. The predicted octanol–water partition coefficient (Wildman–Crippen LogP) is 1.97. The van der Waals surface area contributed by atoms with Crippen molar-refractivity contribution in [3.8, 4) is 0 Å². The molecule has 1 aromatic rings. The zero-order valence-corrected chi connectivity index (χ0v) is 14.2. The Bertz CT molecular complexity index is 542. The summed E-state index contributed by atoms with van der Waals surface area (Å²) in [6.07, 6.45) is 1.16. The van der Waals surface area contributed by atoms with Gasteiger partial charge in [-0.25, -0.2) is 4.39 Å².